The molecule has 0 aliphatic carbocycles. The second-order valence-corrected chi connectivity index (χ2v) is 3.27. The van der Waals surface area contributed by atoms with Gasteiger partial charge in [-0.2, -0.15) is 4.98 Å². The van der Waals surface area contributed by atoms with E-state index < -0.39 is 11.9 Å². The van der Waals surface area contributed by atoms with Crippen LogP contribution in [0.1, 0.15) is 26.7 Å². The number of carboxylic acid groups (broad SMARTS) is 1. The van der Waals surface area contributed by atoms with Crippen molar-refractivity contribution in [3.05, 3.63) is 41.8 Å². The molecule has 0 aliphatic heterocycles. The maximum atomic E-state index is 11.6. The number of aromatic nitrogens is 3. The minimum atomic E-state index is -1.10. The average molecular weight is 248 g/mol. The van der Waals surface area contributed by atoms with Gasteiger partial charge in [0.05, 0.1) is 12.1 Å². The Morgan fingerprint density at radius 2 is 2.17 bits per heavy atom. The molecule has 2 rings (SSSR count). The number of rotatable bonds is 4. The third-order valence-corrected chi connectivity index (χ3v) is 2.06. The van der Waals surface area contributed by atoms with E-state index >= 15 is 0 Å². The van der Waals surface area contributed by atoms with Crippen LogP contribution in [-0.4, -0.2) is 32.1 Å². The van der Waals surface area contributed by atoms with E-state index in [9.17, 15) is 9.59 Å². The lowest BCUT2D eigenvalue weighted by atomic mass is 10.2. The number of aromatic carboxylic acids is 1. The average Bonchev–Trinajstić information content (AvgIpc) is 2.89. The second-order valence-electron chi connectivity index (χ2n) is 3.27. The predicted octanol–water partition coefficient (Wildman–Crippen LogP) is 0.0928. The number of hydrogen-bond donors (Lipinski definition) is 2. The predicted molar refractivity (Wildman–Crippen MR) is 56.7 cm³/mol. The third kappa shape index (κ3) is 2.67. The summed E-state index contributed by atoms with van der Waals surface area (Å²) in [7, 11) is 0. The van der Waals surface area contributed by atoms with Gasteiger partial charge in [-0.1, -0.05) is 5.16 Å². The van der Waals surface area contributed by atoms with Gasteiger partial charge in [0.2, 0.25) is 6.39 Å². The van der Waals surface area contributed by atoms with Crippen LogP contribution in [0.5, 0.6) is 0 Å². The zero-order valence-corrected chi connectivity index (χ0v) is 9.03. The Kier molecular flexibility index (Phi) is 3.28. The van der Waals surface area contributed by atoms with Gasteiger partial charge in [-0.15, -0.1) is 0 Å². The lowest BCUT2D eigenvalue weighted by Gasteiger charge is -2.01. The molecule has 8 nitrogen and oxygen atoms in total. The Balaban J connectivity index is 1.98. The summed E-state index contributed by atoms with van der Waals surface area (Å²) in [5, 5.41) is 14.7. The number of amides is 1. The van der Waals surface area contributed by atoms with E-state index in [1.807, 2.05) is 0 Å². The van der Waals surface area contributed by atoms with Crippen molar-refractivity contribution in [3.8, 4) is 0 Å². The molecular weight excluding hydrogens is 240 g/mol. The van der Waals surface area contributed by atoms with Crippen LogP contribution in [0.3, 0.4) is 0 Å². The Morgan fingerprint density at radius 3 is 2.72 bits per heavy atom. The summed E-state index contributed by atoms with van der Waals surface area (Å²) in [5.41, 5.74) is 0.133. The molecule has 0 fully saturated rings. The van der Waals surface area contributed by atoms with Gasteiger partial charge in [0.1, 0.15) is 5.69 Å². The number of carbonyl (C=O) groups is 2. The molecule has 0 atom stereocenters. The molecule has 18 heavy (non-hydrogen) atoms. The van der Waals surface area contributed by atoms with Gasteiger partial charge in [0, 0.05) is 6.20 Å². The molecule has 0 saturated heterocycles. The van der Waals surface area contributed by atoms with E-state index in [1.165, 1.54) is 12.1 Å². The van der Waals surface area contributed by atoms with Crippen LogP contribution < -0.4 is 5.32 Å². The smallest absolute Gasteiger partial charge is 0.337 e. The fourth-order valence-electron chi connectivity index (χ4n) is 1.17. The second kappa shape index (κ2) is 5.04. The van der Waals surface area contributed by atoms with Crippen molar-refractivity contribution in [2.75, 3.05) is 0 Å². The molecule has 0 bridgehead atoms. The lowest BCUT2D eigenvalue weighted by Crippen LogP contribution is -2.24. The van der Waals surface area contributed by atoms with Crippen molar-refractivity contribution in [1.29, 1.82) is 0 Å². The number of nitrogens with one attached hydrogen (secondary N) is 1. The van der Waals surface area contributed by atoms with Crippen LogP contribution in [0.25, 0.3) is 0 Å². The highest BCUT2D eigenvalue weighted by Crippen LogP contribution is 2.00. The fraction of sp³-hybridized carbons (Fsp3) is 0.100. The minimum absolute atomic E-state index is 0.0183. The summed E-state index contributed by atoms with van der Waals surface area (Å²) >= 11 is 0. The van der Waals surface area contributed by atoms with Crippen LogP contribution in [0.4, 0.5) is 0 Å². The molecule has 2 aromatic rings. The maximum absolute atomic E-state index is 11.6. The van der Waals surface area contributed by atoms with E-state index in [2.05, 4.69) is 25.0 Å². The zero-order valence-electron chi connectivity index (χ0n) is 9.03. The fourth-order valence-corrected chi connectivity index (χ4v) is 1.17. The quantitative estimate of drug-likeness (QED) is 0.787. The van der Waals surface area contributed by atoms with Crippen molar-refractivity contribution >= 4 is 11.9 Å². The van der Waals surface area contributed by atoms with Crippen molar-refractivity contribution in [3.63, 3.8) is 0 Å². The molecular formula is C10H8N4O4. The summed E-state index contributed by atoms with van der Waals surface area (Å²) in [6, 6.07) is 2.63. The van der Waals surface area contributed by atoms with Crippen LogP contribution in [0.15, 0.2) is 29.2 Å². The number of nitrogens with zero attached hydrogens (tertiary/aromatic N) is 3. The van der Waals surface area contributed by atoms with Gasteiger partial charge < -0.3 is 14.9 Å². The highest BCUT2D eigenvalue weighted by molar-refractivity contribution is 5.93. The van der Waals surface area contributed by atoms with E-state index in [0.29, 0.717) is 5.82 Å². The van der Waals surface area contributed by atoms with E-state index in [4.69, 9.17) is 5.11 Å². The highest BCUT2D eigenvalue weighted by Gasteiger charge is 2.10. The molecule has 0 aromatic carbocycles. The molecule has 2 aromatic heterocycles. The van der Waals surface area contributed by atoms with Crippen LogP contribution in [0, 0.1) is 0 Å². The summed E-state index contributed by atoms with van der Waals surface area (Å²) in [4.78, 5) is 29.7. The van der Waals surface area contributed by atoms with E-state index in [1.54, 1.807) is 0 Å². The van der Waals surface area contributed by atoms with Crippen LogP contribution in [0.2, 0.25) is 0 Å². The Bertz CT molecular complexity index is 550. The van der Waals surface area contributed by atoms with Gasteiger partial charge in [-0.25, -0.2) is 4.79 Å². The number of carbonyl (C=O) groups excluding carboxylic acids is 1. The summed E-state index contributed by atoms with van der Waals surface area (Å²) < 4.78 is 4.50. The highest BCUT2D eigenvalue weighted by atomic mass is 16.5. The van der Waals surface area contributed by atoms with Gasteiger partial charge in [0.25, 0.3) is 5.91 Å². The number of carboxylic acids is 1. The molecule has 2 N–H and O–H groups in total. The Hall–Kier alpha value is -2.77. The lowest BCUT2D eigenvalue weighted by molar-refractivity contribution is 0.0695. The van der Waals surface area contributed by atoms with Crippen LogP contribution >= 0.6 is 0 Å². The monoisotopic (exact) mass is 248 g/mol. The Labute approximate surface area is 101 Å². The SMILES string of the molecule is O=C(O)c1ccc(C(=O)NCc2ncon2)nc1. The number of hydrogen-bond acceptors (Lipinski definition) is 6. The summed E-state index contributed by atoms with van der Waals surface area (Å²) in [6.07, 6.45) is 2.27. The van der Waals surface area contributed by atoms with Crippen molar-refractivity contribution in [2.45, 2.75) is 6.54 Å². The van der Waals surface area contributed by atoms with Crippen molar-refractivity contribution in [1.82, 2.24) is 20.4 Å². The van der Waals surface area contributed by atoms with Gasteiger partial charge in [-0.05, 0) is 12.1 Å². The minimum Gasteiger partial charge on any atom is -0.478 e. The molecule has 92 valence electrons. The molecule has 2 heterocycles. The first-order valence-corrected chi connectivity index (χ1v) is 4.89. The normalized spacial score (nSPS) is 10.0. The first-order valence-electron chi connectivity index (χ1n) is 4.89. The number of pyridine rings is 1. The molecule has 8 heteroatoms. The van der Waals surface area contributed by atoms with Gasteiger partial charge in [0.15, 0.2) is 5.82 Å². The molecule has 0 spiro atoms. The van der Waals surface area contributed by atoms with E-state index in [0.717, 1.165) is 12.6 Å². The van der Waals surface area contributed by atoms with E-state index in [-0.39, 0.29) is 17.8 Å². The third-order valence-electron chi connectivity index (χ3n) is 2.06. The van der Waals surface area contributed by atoms with Gasteiger partial charge >= 0.3 is 5.97 Å². The largest absolute Gasteiger partial charge is 0.478 e. The Morgan fingerprint density at radius 1 is 1.33 bits per heavy atom. The molecule has 0 unspecified atom stereocenters. The van der Waals surface area contributed by atoms with Gasteiger partial charge in [-0.3, -0.25) is 9.78 Å². The molecule has 1 amide bonds. The molecule has 0 saturated carbocycles. The maximum Gasteiger partial charge on any atom is 0.337 e. The van der Waals surface area contributed by atoms with Crippen molar-refractivity contribution in [2.24, 2.45) is 0 Å². The summed E-state index contributed by atoms with van der Waals surface area (Å²) in [6.45, 7) is 0.109. The molecule has 0 aliphatic rings. The standard InChI is InChI=1S/C10H8N4O4/c15-9(12-4-8-13-5-18-14-8)7-2-1-6(3-11-7)10(16)17/h1-3,5H,4H2,(H,12,15)(H,16,17). The van der Waals surface area contributed by atoms with Crippen LogP contribution in [-0.2, 0) is 6.54 Å². The topological polar surface area (TPSA) is 118 Å². The first kappa shape index (κ1) is 11.7. The zero-order chi connectivity index (χ0) is 13.0. The van der Waals surface area contributed by atoms with Crippen molar-refractivity contribution < 1.29 is 19.2 Å². The first-order chi connectivity index (χ1) is 8.66. The summed E-state index contributed by atoms with van der Waals surface area (Å²) in [5.74, 6) is -1.21. The molecule has 0 radical (unpaired) electrons.